The van der Waals surface area contributed by atoms with Crippen molar-refractivity contribution in [3.63, 3.8) is 0 Å². The second kappa shape index (κ2) is 7.50. The molecule has 8 heteroatoms. The predicted octanol–water partition coefficient (Wildman–Crippen LogP) is 4.13. The van der Waals surface area contributed by atoms with Crippen molar-refractivity contribution in [3.8, 4) is 11.1 Å². The fourth-order valence-corrected chi connectivity index (χ4v) is 4.58. The Morgan fingerprint density at radius 2 is 1.74 bits per heavy atom. The summed E-state index contributed by atoms with van der Waals surface area (Å²) in [6.07, 6.45) is 0. The molecule has 0 saturated heterocycles. The van der Waals surface area contributed by atoms with Gasteiger partial charge < -0.3 is 15.0 Å². The number of hydrogen-bond acceptors (Lipinski definition) is 6. The molecule has 1 aromatic carbocycles. The average Bonchev–Trinajstić information content (AvgIpc) is 3.13. The van der Waals surface area contributed by atoms with Gasteiger partial charge in [-0.25, -0.2) is 4.79 Å². The van der Waals surface area contributed by atoms with Crippen LogP contribution in [0.3, 0.4) is 0 Å². The van der Waals surface area contributed by atoms with Crippen molar-refractivity contribution in [3.05, 3.63) is 60.5 Å². The van der Waals surface area contributed by atoms with E-state index in [1.807, 2.05) is 38.1 Å². The summed E-state index contributed by atoms with van der Waals surface area (Å²) in [6.45, 7) is 5.54. The molecule has 6 nitrogen and oxygen atoms in total. The number of esters is 1. The minimum atomic E-state index is -0.524. The second-order valence-corrected chi connectivity index (χ2v) is 8.23. The van der Waals surface area contributed by atoms with Crippen molar-refractivity contribution in [2.75, 3.05) is 12.4 Å². The lowest BCUT2D eigenvalue weighted by Gasteiger charge is -2.08. The first-order valence-corrected chi connectivity index (χ1v) is 9.75. The van der Waals surface area contributed by atoms with Gasteiger partial charge in [-0.2, -0.15) is 0 Å². The van der Waals surface area contributed by atoms with E-state index in [4.69, 9.17) is 4.74 Å². The zero-order valence-electron chi connectivity index (χ0n) is 15.3. The van der Waals surface area contributed by atoms with Gasteiger partial charge in [-0.3, -0.25) is 9.59 Å². The van der Waals surface area contributed by atoms with Gasteiger partial charge in [0.2, 0.25) is 0 Å². The number of thiazole rings is 1. The summed E-state index contributed by atoms with van der Waals surface area (Å²) in [7, 11) is 1.31. The first-order chi connectivity index (χ1) is 12.8. The van der Waals surface area contributed by atoms with Gasteiger partial charge in [-0.15, -0.1) is 11.3 Å². The lowest BCUT2D eigenvalue weighted by atomic mass is 10.0. The molecular formula is C19H18N2O4S2. The first kappa shape index (κ1) is 19.1. The van der Waals surface area contributed by atoms with E-state index in [2.05, 4.69) is 10.3 Å². The minimum Gasteiger partial charge on any atom is -0.465 e. The normalized spacial score (nSPS) is 10.7. The molecule has 0 bridgehead atoms. The van der Waals surface area contributed by atoms with E-state index < -0.39 is 11.9 Å². The number of H-pyrrole nitrogens is 1. The maximum absolute atomic E-state index is 12.6. The third-order valence-corrected chi connectivity index (χ3v) is 6.08. The van der Waals surface area contributed by atoms with Crippen LogP contribution in [0.25, 0.3) is 11.1 Å². The highest BCUT2D eigenvalue weighted by molar-refractivity contribution is 7.17. The number of thiophene rings is 1. The summed E-state index contributed by atoms with van der Waals surface area (Å²) >= 11 is 2.14. The molecule has 2 heterocycles. The number of aromatic amines is 1. The van der Waals surface area contributed by atoms with Crippen LogP contribution in [-0.4, -0.2) is 24.0 Å². The van der Waals surface area contributed by atoms with Crippen molar-refractivity contribution in [1.82, 2.24) is 4.98 Å². The highest BCUT2D eigenvalue weighted by atomic mass is 32.1. The van der Waals surface area contributed by atoms with Gasteiger partial charge in [-0.05, 0) is 26.3 Å². The molecule has 2 N–H and O–H groups in total. The number of methoxy groups -OCH3 is 1. The van der Waals surface area contributed by atoms with E-state index >= 15 is 0 Å². The van der Waals surface area contributed by atoms with E-state index in [1.165, 1.54) is 18.4 Å². The topological polar surface area (TPSA) is 88.3 Å². The maximum atomic E-state index is 12.6. The van der Waals surface area contributed by atoms with Crippen LogP contribution in [-0.2, 0) is 4.74 Å². The number of rotatable bonds is 4. The monoisotopic (exact) mass is 402 g/mol. The molecule has 0 fully saturated rings. The van der Waals surface area contributed by atoms with Crippen LogP contribution in [0.15, 0.2) is 29.1 Å². The smallest absolute Gasteiger partial charge is 0.341 e. The number of benzene rings is 1. The largest absolute Gasteiger partial charge is 0.465 e. The van der Waals surface area contributed by atoms with Gasteiger partial charge in [0.05, 0.1) is 7.11 Å². The Morgan fingerprint density at radius 1 is 1.07 bits per heavy atom. The van der Waals surface area contributed by atoms with E-state index in [9.17, 15) is 14.4 Å². The number of anilines is 1. The van der Waals surface area contributed by atoms with E-state index in [0.29, 0.717) is 21.1 Å². The number of carbonyl (C=O) groups is 2. The molecule has 0 atom stereocenters. The highest BCUT2D eigenvalue weighted by Crippen LogP contribution is 2.40. The SMILES string of the molecule is COC(=O)c1c(NC(=O)c2sc(=O)[nH]c2C)sc(C)c1-c1ccc(C)cc1. The van der Waals surface area contributed by atoms with Crippen molar-refractivity contribution < 1.29 is 14.3 Å². The minimum absolute atomic E-state index is 0.291. The lowest BCUT2D eigenvalue weighted by Crippen LogP contribution is -2.14. The third kappa shape index (κ3) is 3.72. The Morgan fingerprint density at radius 3 is 2.30 bits per heavy atom. The van der Waals surface area contributed by atoms with Gasteiger partial charge in [0.25, 0.3) is 5.91 Å². The number of nitrogens with one attached hydrogen (secondary N) is 2. The number of carbonyl (C=O) groups excluding carboxylic acids is 2. The standard InChI is InChI=1S/C19H18N2O4S2/c1-9-5-7-12(8-6-9)13-11(3)26-17(14(13)18(23)25-4)21-16(22)15-10(2)20-19(24)27-15/h5-8H,1-4H3,(H,20,24)(H,21,22). The number of aryl methyl sites for hydroxylation is 3. The van der Waals surface area contributed by atoms with Gasteiger partial charge >= 0.3 is 10.8 Å². The van der Waals surface area contributed by atoms with Crippen LogP contribution in [0, 0.1) is 20.8 Å². The fourth-order valence-electron chi connectivity index (χ4n) is 2.78. The van der Waals surface area contributed by atoms with Gasteiger partial charge in [0, 0.05) is 16.1 Å². The Balaban J connectivity index is 2.08. The molecule has 0 unspecified atom stereocenters. The summed E-state index contributed by atoms with van der Waals surface area (Å²) < 4.78 is 4.95. The van der Waals surface area contributed by atoms with Crippen LogP contribution in [0.2, 0.25) is 0 Å². The number of hydrogen-bond donors (Lipinski definition) is 2. The van der Waals surface area contributed by atoms with E-state index in [1.54, 1.807) is 6.92 Å². The molecule has 0 radical (unpaired) electrons. The average molecular weight is 402 g/mol. The lowest BCUT2D eigenvalue weighted by molar-refractivity contribution is 0.0603. The number of ether oxygens (including phenoxy) is 1. The van der Waals surface area contributed by atoms with Crippen LogP contribution < -0.4 is 10.2 Å². The molecule has 0 saturated carbocycles. The Labute approximate surface area is 163 Å². The van der Waals surface area contributed by atoms with Crippen LogP contribution in [0.5, 0.6) is 0 Å². The summed E-state index contributed by atoms with van der Waals surface area (Å²) in [6, 6.07) is 7.80. The summed E-state index contributed by atoms with van der Waals surface area (Å²) in [5, 5.41) is 3.17. The van der Waals surface area contributed by atoms with Crippen LogP contribution >= 0.6 is 22.7 Å². The molecule has 2 aromatic heterocycles. The van der Waals surface area contributed by atoms with Crippen LogP contribution in [0.1, 0.15) is 36.2 Å². The quantitative estimate of drug-likeness (QED) is 0.642. The molecular weight excluding hydrogens is 384 g/mol. The molecule has 3 aromatic rings. The Hall–Kier alpha value is -2.71. The van der Waals surface area contributed by atoms with Crippen LogP contribution in [0.4, 0.5) is 5.00 Å². The highest BCUT2D eigenvalue weighted by Gasteiger charge is 2.26. The number of aromatic nitrogens is 1. The molecule has 0 aliphatic rings. The van der Waals surface area contributed by atoms with Crippen molar-refractivity contribution in [1.29, 1.82) is 0 Å². The second-order valence-electron chi connectivity index (χ2n) is 6.02. The summed E-state index contributed by atoms with van der Waals surface area (Å²) in [5.74, 6) is -0.957. The molecule has 140 valence electrons. The van der Waals surface area contributed by atoms with Crippen molar-refractivity contribution >= 4 is 39.6 Å². The predicted molar refractivity (Wildman–Crippen MR) is 108 cm³/mol. The van der Waals surface area contributed by atoms with Gasteiger partial charge in [0.15, 0.2) is 0 Å². The van der Waals surface area contributed by atoms with E-state index in [-0.39, 0.29) is 4.87 Å². The molecule has 3 rings (SSSR count). The van der Waals surface area contributed by atoms with Gasteiger partial charge in [-0.1, -0.05) is 41.2 Å². The van der Waals surface area contributed by atoms with E-state index in [0.717, 1.165) is 32.9 Å². The zero-order valence-corrected chi connectivity index (χ0v) is 16.9. The fraction of sp³-hybridized carbons (Fsp3) is 0.211. The summed E-state index contributed by atoms with van der Waals surface area (Å²) in [5.41, 5.74) is 3.53. The molecule has 27 heavy (non-hydrogen) atoms. The first-order valence-electron chi connectivity index (χ1n) is 8.11. The Kier molecular flexibility index (Phi) is 5.29. The number of amides is 1. The van der Waals surface area contributed by atoms with Gasteiger partial charge in [0.1, 0.15) is 15.4 Å². The molecule has 0 spiro atoms. The van der Waals surface area contributed by atoms with Crippen molar-refractivity contribution in [2.24, 2.45) is 0 Å². The maximum Gasteiger partial charge on any atom is 0.341 e. The van der Waals surface area contributed by atoms with Crippen molar-refractivity contribution in [2.45, 2.75) is 20.8 Å². The zero-order chi connectivity index (χ0) is 19.7. The summed E-state index contributed by atoms with van der Waals surface area (Å²) in [4.78, 5) is 40.0. The Bertz CT molecular complexity index is 1070. The third-order valence-electron chi connectivity index (χ3n) is 4.07. The molecule has 1 amide bonds. The molecule has 0 aliphatic carbocycles. The molecule has 0 aliphatic heterocycles.